The van der Waals surface area contributed by atoms with E-state index in [0.717, 1.165) is 5.56 Å². The van der Waals surface area contributed by atoms with Crippen LogP contribution in [0.4, 0.5) is 5.82 Å². The van der Waals surface area contributed by atoms with Crippen molar-refractivity contribution in [1.82, 2.24) is 19.5 Å². The summed E-state index contributed by atoms with van der Waals surface area (Å²) in [6, 6.07) is 3.58. The lowest BCUT2D eigenvalue weighted by Crippen LogP contribution is -2.02. The van der Waals surface area contributed by atoms with Gasteiger partial charge in [-0.3, -0.25) is 0 Å². The number of nitrogens with zero attached hydrogens (tertiary/aromatic N) is 4. The highest BCUT2D eigenvalue weighted by atomic mass is 35.5. The average molecular weight is 373 g/mol. The van der Waals surface area contributed by atoms with Gasteiger partial charge in [-0.1, -0.05) is 23.2 Å². The van der Waals surface area contributed by atoms with Crippen LogP contribution >= 0.6 is 34.8 Å². The van der Waals surface area contributed by atoms with Gasteiger partial charge in [0.15, 0.2) is 22.7 Å². The Labute approximate surface area is 147 Å². The molecule has 0 saturated carbocycles. The molecule has 0 aliphatic rings. The van der Waals surface area contributed by atoms with Crippen LogP contribution < -0.4 is 10.1 Å². The number of aromatic nitrogens is 4. The van der Waals surface area contributed by atoms with E-state index in [4.69, 9.17) is 39.5 Å². The Balaban J connectivity index is 2.04. The minimum absolute atomic E-state index is 0.148. The van der Waals surface area contributed by atoms with Gasteiger partial charge < -0.3 is 14.6 Å². The number of benzene rings is 1. The molecule has 1 aromatic carbocycles. The van der Waals surface area contributed by atoms with Crippen LogP contribution in [0.2, 0.25) is 15.3 Å². The van der Waals surface area contributed by atoms with E-state index in [1.54, 1.807) is 25.5 Å². The Hall–Kier alpha value is -1.76. The number of halogens is 3. The average Bonchev–Trinajstić information content (AvgIpc) is 2.89. The molecule has 0 spiro atoms. The highest BCUT2D eigenvalue weighted by Gasteiger charge is 2.14. The van der Waals surface area contributed by atoms with Gasteiger partial charge in [-0.05, 0) is 29.3 Å². The fourth-order valence-corrected chi connectivity index (χ4v) is 3.15. The third-order valence-corrected chi connectivity index (χ3v) is 4.02. The Morgan fingerprint density at radius 3 is 2.48 bits per heavy atom. The summed E-state index contributed by atoms with van der Waals surface area (Å²) in [6.45, 7) is 0.483. The molecule has 0 aliphatic heterocycles. The van der Waals surface area contributed by atoms with Crippen molar-refractivity contribution in [1.29, 1.82) is 0 Å². The molecule has 9 heteroatoms. The predicted molar refractivity (Wildman–Crippen MR) is 92.0 cm³/mol. The molecular formula is C14H12Cl3N5O. The monoisotopic (exact) mass is 371 g/mol. The van der Waals surface area contributed by atoms with Crippen molar-refractivity contribution in [3.05, 3.63) is 39.4 Å². The van der Waals surface area contributed by atoms with E-state index in [1.165, 1.54) is 7.11 Å². The number of ether oxygens (including phenoxy) is 1. The smallest absolute Gasteiger partial charge is 0.226 e. The van der Waals surface area contributed by atoms with Gasteiger partial charge in [0.05, 0.1) is 30.0 Å². The number of nitrogens with one attached hydrogen (secondary N) is 1. The minimum Gasteiger partial charge on any atom is -0.494 e. The molecule has 0 unspecified atom stereocenters. The molecule has 1 N–H and O–H groups in total. The van der Waals surface area contributed by atoms with E-state index in [2.05, 4.69) is 20.3 Å². The standard InChI is InChI=1S/C14H12Cl3N5O/c1-18-12-10-13(21-14(17)20-12)22(6-19-10)5-7-3-8(15)11(23-2)9(16)4-7/h3-4,6H,5H2,1-2H3,(H,18,20,21). The lowest BCUT2D eigenvalue weighted by molar-refractivity contribution is 0.415. The molecule has 23 heavy (non-hydrogen) atoms. The zero-order valence-electron chi connectivity index (χ0n) is 12.3. The van der Waals surface area contributed by atoms with Gasteiger partial charge in [-0.15, -0.1) is 0 Å². The lowest BCUT2D eigenvalue weighted by Gasteiger charge is -2.10. The van der Waals surface area contributed by atoms with Crippen molar-refractivity contribution < 1.29 is 4.74 Å². The van der Waals surface area contributed by atoms with Gasteiger partial charge in [0.25, 0.3) is 0 Å². The second kappa shape index (κ2) is 6.39. The van der Waals surface area contributed by atoms with Crippen LogP contribution in [0.15, 0.2) is 18.5 Å². The molecule has 0 bridgehead atoms. The van der Waals surface area contributed by atoms with Crippen LogP contribution in [0, 0.1) is 0 Å². The number of anilines is 1. The molecule has 0 atom stereocenters. The lowest BCUT2D eigenvalue weighted by atomic mass is 10.2. The maximum Gasteiger partial charge on any atom is 0.226 e. The first-order valence-corrected chi connectivity index (χ1v) is 7.75. The molecule has 0 aliphatic carbocycles. The van der Waals surface area contributed by atoms with E-state index in [-0.39, 0.29) is 5.28 Å². The van der Waals surface area contributed by atoms with E-state index in [9.17, 15) is 0 Å². The molecule has 6 nitrogen and oxygen atoms in total. The zero-order chi connectivity index (χ0) is 16.6. The summed E-state index contributed by atoms with van der Waals surface area (Å²) < 4.78 is 7.00. The highest BCUT2D eigenvalue weighted by Crippen LogP contribution is 2.34. The van der Waals surface area contributed by atoms with E-state index in [1.807, 2.05) is 4.57 Å². The molecule has 3 aromatic rings. The topological polar surface area (TPSA) is 64.9 Å². The molecule has 0 amide bonds. The highest BCUT2D eigenvalue weighted by molar-refractivity contribution is 6.37. The maximum atomic E-state index is 6.18. The summed E-state index contributed by atoms with van der Waals surface area (Å²) in [5.41, 5.74) is 2.15. The van der Waals surface area contributed by atoms with Gasteiger partial charge >= 0.3 is 0 Å². The first-order valence-electron chi connectivity index (χ1n) is 6.61. The second-order valence-corrected chi connectivity index (χ2v) is 5.88. The summed E-state index contributed by atoms with van der Waals surface area (Å²) in [6.07, 6.45) is 1.67. The minimum atomic E-state index is 0.148. The summed E-state index contributed by atoms with van der Waals surface area (Å²) in [5.74, 6) is 1.03. The summed E-state index contributed by atoms with van der Waals surface area (Å²) in [7, 11) is 3.27. The van der Waals surface area contributed by atoms with Crippen LogP contribution in [-0.4, -0.2) is 33.7 Å². The van der Waals surface area contributed by atoms with Crippen LogP contribution in [0.3, 0.4) is 0 Å². The molecule has 2 heterocycles. The second-order valence-electron chi connectivity index (χ2n) is 4.73. The number of imidazole rings is 1. The number of methoxy groups -OCH3 is 1. The third kappa shape index (κ3) is 3.02. The van der Waals surface area contributed by atoms with E-state index in [0.29, 0.717) is 39.3 Å². The summed E-state index contributed by atoms with van der Waals surface area (Å²) in [4.78, 5) is 12.7. The van der Waals surface area contributed by atoms with Crippen molar-refractivity contribution in [2.45, 2.75) is 6.54 Å². The summed E-state index contributed by atoms with van der Waals surface area (Å²) >= 11 is 18.3. The van der Waals surface area contributed by atoms with E-state index < -0.39 is 0 Å². The summed E-state index contributed by atoms with van der Waals surface area (Å²) in [5, 5.41) is 3.99. The molecule has 2 aromatic heterocycles. The Kier molecular flexibility index (Phi) is 4.48. The predicted octanol–water partition coefficient (Wildman–Crippen LogP) is 3.89. The van der Waals surface area contributed by atoms with Gasteiger partial charge in [-0.2, -0.15) is 9.97 Å². The first-order chi connectivity index (χ1) is 11.0. The number of hydrogen-bond acceptors (Lipinski definition) is 5. The molecule has 0 radical (unpaired) electrons. The van der Waals surface area contributed by atoms with Crippen LogP contribution in [0.1, 0.15) is 5.56 Å². The molecule has 0 fully saturated rings. The Morgan fingerprint density at radius 1 is 1.17 bits per heavy atom. The molecule has 3 rings (SSSR count). The van der Waals surface area contributed by atoms with Gasteiger partial charge in [0.2, 0.25) is 5.28 Å². The number of fused-ring (bicyclic) bond motifs is 1. The molecule has 120 valence electrons. The van der Waals surface area contributed by atoms with Crippen molar-refractivity contribution in [3.63, 3.8) is 0 Å². The molecular weight excluding hydrogens is 361 g/mol. The molecule has 0 saturated heterocycles. The fraction of sp³-hybridized carbons (Fsp3) is 0.214. The van der Waals surface area contributed by atoms with Crippen molar-refractivity contribution >= 4 is 51.8 Å². The SMILES string of the molecule is CNc1nc(Cl)nc2c1ncn2Cc1cc(Cl)c(OC)c(Cl)c1. The van der Waals surface area contributed by atoms with Crippen LogP contribution in [0.25, 0.3) is 11.2 Å². The first kappa shape index (κ1) is 16.1. The van der Waals surface area contributed by atoms with Crippen molar-refractivity contribution in [3.8, 4) is 5.75 Å². The van der Waals surface area contributed by atoms with Gasteiger partial charge in [0.1, 0.15) is 0 Å². The van der Waals surface area contributed by atoms with Gasteiger partial charge in [-0.25, -0.2) is 4.98 Å². The third-order valence-electron chi connectivity index (χ3n) is 3.29. The van der Waals surface area contributed by atoms with Crippen LogP contribution in [0.5, 0.6) is 5.75 Å². The number of hydrogen-bond donors (Lipinski definition) is 1. The largest absolute Gasteiger partial charge is 0.494 e. The van der Waals surface area contributed by atoms with Crippen molar-refractivity contribution in [2.75, 3.05) is 19.5 Å². The zero-order valence-corrected chi connectivity index (χ0v) is 14.5. The number of rotatable bonds is 4. The fourth-order valence-electron chi connectivity index (χ4n) is 2.30. The normalized spacial score (nSPS) is 11.0. The van der Waals surface area contributed by atoms with Crippen LogP contribution in [-0.2, 0) is 6.54 Å². The Bertz CT molecular complexity index is 857. The Morgan fingerprint density at radius 2 is 1.87 bits per heavy atom. The maximum absolute atomic E-state index is 6.18. The quantitative estimate of drug-likeness (QED) is 0.704. The van der Waals surface area contributed by atoms with Gasteiger partial charge in [0, 0.05) is 7.05 Å². The van der Waals surface area contributed by atoms with Crippen molar-refractivity contribution in [2.24, 2.45) is 0 Å². The van der Waals surface area contributed by atoms with E-state index >= 15 is 0 Å².